The van der Waals surface area contributed by atoms with Crippen molar-refractivity contribution in [2.24, 2.45) is 0 Å². The number of aromatic nitrogens is 1. The molecule has 1 amide bonds. The van der Waals surface area contributed by atoms with Gasteiger partial charge in [-0.1, -0.05) is 12.1 Å². The van der Waals surface area contributed by atoms with Gasteiger partial charge >= 0.3 is 6.18 Å². The van der Waals surface area contributed by atoms with Gasteiger partial charge in [0, 0.05) is 17.4 Å². The summed E-state index contributed by atoms with van der Waals surface area (Å²) in [6.45, 7) is 0. The number of hydrogen-bond donors (Lipinski definition) is 2. The van der Waals surface area contributed by atoms with E-state index in [2.05, 4.69) is 15.0 Å². The number of alkyl halides is 3. The summed E-state index contributed by atoms with van der Waals surface area (Å²) in [5.41, 5.74) is -0.506. The van der Waals surface area contributed by atoms with Gasteiger partial charge in [0.05, 0.1) is 17.9 Å². The number of nitrogens with zero attached hydrogens (tertiary/aromatic N) is 1. The molecule has 32 heavy (non-hydrogen) atoms. The minimum Gasteiger partial charge on any atom is -0.339 e. The van der Waals surface area contributed by atoms with E-state index in [1.54, 1.807) is 0 Å². The second-order valence-corrected chi connectivity index (χ2v) is 8.60. The van der Waals surface area contributed by atoms with E-state index in [9.17, 15) is 30.8 Å². The molecule has 1 unspecified atom stereocenters. The van der Waals surface area contributed by atoms with E-state index in [-0.39, 0.29) is 22.5 Å². The van der Waals surface area contributed by atoms with Crippen molar-refractivity contribution in [3.05, 3.63) is 95.1 Å². The lowest BCUT2D eigenvalue weighted by molar-refractivity contribution is -0.137. The van der Waals surface area contributed by atoms with Crippen molar-refractivity contribution < 1.29 is 30.8 Å². The lowest BCUT2D eigenvalue weighted by Gasteiger charge is -2.20. The molecule has 1 atom stereocenters. The Bertz CT molecular complexity index is 1210. The lowest BCUT2D eigenvalue weighted by Crippen LogP contribution is -2.30. The molecule has 168 valence electrons. The molecule has 0 saturated carbocycles. The molecule has 2 N–H and O–H groups in total. The third-order valence-corrected chi connectivity index (χ3v) is 4.96. The molecule has 1 aromatic heterocycles. The number of amides is 1. The van der Waals surface area contributed by atoms with Gasteiger partial charge in [0.2, 0.25) is 10.0 Å². The highest BCUT2D eigenvalue weighted by Crippen LogP contribution is 2.31. The molecule has 1 heterocycles. The van der Waals surface area contributed by atoms with Crippen LogP contribution in [-0.2, 0) is 16.2 Å². The van der Waals surface area contributed by atoms with Gasteiger partial charge in [-0.15, -0.1) is 0 Å². The van der Waals surface area contributed by atoms with Crippen molar-refractivity contribution >= 4 is 21.6 Å². The van der Waals surface area contributed by atoms with Crippen molar-refractivity contribution in [3.8, 4) is 0 Å². The molecule has 0 spiro atoms. The summed E-state index contributed by atoms with van der Waals surface area (Å²) in [6, 6.07) is 10.7. The maximum Gasteiger partial charge on any atom is 0.416 e. The van der Waals surface area contributed by atoms with Crippen molar-refractivity contribution in [3.63, 3.8) is 0 Å². The van der Waals surface area contributed by atoms with Gasteiger partial charge < -0.3 is 5.32 Å². The molecule has 0 saturated heterocycles. The summed E-state index contributed by atoms with van der Waals surface area (Å²) < 4.78 is 77.9. The lowest BCUT2D eigenvalue weighted by atomic mass is 10.00. The standard InChI is InChI=1S/C21H17F4N3O3S/c1-32(30,31)28-16-10-6-14(7-11-16)20(29)27-18(19-17(22)3-2-12-26-19)13-4-8-15(9-5-13)21(23,24)25/h2-12,18,28H,1H3,(H,27,29). The molecule has 11 heteroatoms. The Morgan fingerprint density at radius 3 is 2.16 bits per heavy atom. The first kappa shape index (κ1) is 23.2. The maximum absolute atomic E-state index is 14.4. The van der Waals surface area contributed by atoms with E-state index in [4.69, 9.17) is 0 Å². The monoisotopic (exact) mass is 467 g/mol. The zero-order valence-electron chi connectivity index (χ0n) is 16.5. The van der Waals surface area contributed by atoms with Crippen molar-refractivity contribution in [1.29, 1.82) is 0 Å². The third-order valence-electron chi connectivity index (χ3n) is 4.36. The highest BCUT2D eigenvalue weighted by atomic mass is 32.2. The van der Waals surface area contributed by atoms with Crippen molar-refractivity contribution in [2.75, 3.05) is 11.0 Å². The second kappa shape index (κ2) is 8.95. The summed E-state index contributed by atoms with van der Waals surface area (Å²) in [5.74, 6) is -1.41. The van der Waals surface area contributed by atoms with Gasteiger partial charge in [-0.25, -0.2) is 12.8 Å². The van der Waals surface area contributed by atoms with E-state index in [1.807, 2.05) is 0 Å². The summed E-state index contributed by atoms with van der Waals surface area (Å²) in [6.07, 6.45) is -2.27. The van der Waals surface area contributed by atoms with Gasteiger partial charge in [-0.2, -0.15) is 13.2 Å². The van der Waals surface area contributed by atoms with Crippen molar-refractivity contribution in [2.45, 2.75) is 12.2 Å². The number of carbonyl (C=O) groups excluding carboxylic acids is 1. The van der Waals surface area contributed by atoms with E-state index < -0.39 is 39.5 Å². The van der Waals surface area contributed by atoms with Crippen LogP contribution in [0.25, 0.3) is 0 Å². The SMILES string of the molecule is CS(=O)(=O)Nc1ccc(C(=O)NC(c2ccc(C(F)(F)F)cc2)c2ncccc2F)cc1. The Balaban J connectivity index is 1.91. The van der Waals surface area contributed by atoms with Gasteiger partial charge in [0.15, 0.2) is 0 Å². The van der Waals surface area contributed by atoms with Crippen molar-refractivity contribution in [1.82, 2.24) is 10.3 Å². The minimum absolute atomic E-state index is 0.123. The summed E-state index contributed by atoms with van der Waals surface area (Å²) in [4.78, 5) is 16.7. The first-order valence-electron chi connectivity index (χ1n) is 9.10. The summed E-state index contributed by atoms with van der Waals surface area (Å²) in [7, 11) is -3.50. The normalized spacial score (nSPS) is 12.8. The van der Waals surface area contributed by atoms with Crippen LogP contribution in [0.2, 0.25) is 0 Å². The van der Waals surface area contributed by atoms with E-state index in [0.717, 1.165) is 36.6 Å². The van der Waals surface area contributed by atoms with Gasteiger partial charge in [-0.3, -0.25) is 14.5 Å². The molecule has 0 bridgehead atoms. The Labute approximate surface area is 181 Å². The van der Waals surface area contributed by atoms with Gasteiger partial charge in [0.1, 0.15) is 11.5 Å². The van der Waals surface area contributed by atoms with Crippen LogP contribution in [0.1, 0.15) is 33.2 Å². The summed E-state index contributed by atoms with van der Waals surface area (Å²) >= 11 is 0. The molecule has 0 aliphatic carbocycles. The number of halogens is 4. The third kappa shape index (κ3) is 5.82. The van der Waals surface area contributed by atoms with Crippen LogP contribution in [0.4, 0.5) is 23.2 Å². The number of rotatable bonds is 6. The van der Waals surface area contributed by atoms with E-state index in [1.165, 1.54) is 36.5 Å². The first-order chi connectivity index (χ1) is 14.9. The molecular formula is C21H17F4N3O3S. The molecule has 2 aromatic carbocycles. The predicted octanol–water partition coefficient (Wildman–Crippen LogP) is 4.13. The fourth-order valence-corrected chi connectivity index (χ4v) is 3.47. The molecule has 0 aliphatic rings. The first-order valence-corrected chi connectivity index (χ1v) is 11.0. The maximum atomic E-state index is 14.4. The quantitative estimate of drug-likeness (QED) is 0.534. The number of pyridine rings is 1. The fraction of sp³-hybridized carbons (Fsp3) is 0.143. The van der Waals surface area contributed by atoms with Gasteiger partial charge in [-0.05, 0) is 54.1 Å². The molecule has 3 rings (SSSR count). The van der Waals surface area contributed by atoms with E-state index >= 15 is 0 Å². The Kier molecular flexibility index (Phi) is 6.49. The Hall–Kier alpha value is -3.47. The Morgan fingerprint density at radius 1 is 1.00 bits per heavy atom. The topological polar surface area (TPSA) is 88.2 Å². The van der Waals surface area contributed by atoms with Crippen LogP contribution in [0.5, 0.6) is 0 Å². The number of benzene rings is 2. The van der Waals surface area contributed by atoms with E-state index in [0.29, 0.717) is 0 Å². The highest BCUT2D eigenvalue weighted by Gasteiger charge is 2.31. The minimum atomic E-state index is -4.55. The number of sulfonamides is 1. The smallest absolute Gasteiger partial charge is 0.339 e. The molecule has 0 radical (unpaired) electrons. The van der Waals surface area contributed by atoms with Crippen LogP contribution in [0.3, 0.4) is 0 Å². The number of nitrogens with one attached hydrogen (secondary N) is 2. The summed E-state index contributed by atoms with van der Waals surface area (Å²) in [5, 5.41) is 2.57. The molecule has 0 aliphatic heterocycles. The van der Waals surface area contributed by atoms with Crippen LogP contribution >= 0.6 is 0 Å². The fourth-order valence-electron chi connectivity index (χ4n) is 2.90. The zero-order valence-corrected chi connectivity index (χ0v) is 17.3. The van der Waals surface area contributed by atoms with Crippen LogP contribution in [-0.4, -0.2) is 25.6 Å². The van der Waals surface area contributed by atoms with Crippen LogP contribution in [0, 0.1) is 5.82 Å². The van der Waals surface area contributed by atoms with Crippen LogP contribution < -0.4 is 10.0 Å². The average Bonchev–Trinajstić information content (AvgIpc) is 2.71. The Morgan fingerprint density at radius 2 is 1.62 bits per heavy atom. The largest absolute Gasteiger partial charge is 0.416 e. The molecule has 3 aromatic rings. The number of hydrogen-bond acceptors (Lipinski definition) is 4. The number of carbonyl (C=O) groups is 1. The highest BCUT2D eigenvalue weighted by molar-refractivity contribution is 7.92. The average molecular weight is 467 g/mol. The number of anilines is 1. The second-order valence-electron chi connectivity index (χ2n) is 6.85. The molecule has 0 fully saturated rings. The van der Waals surface area contributed by atoms with Crippen LogP contribution in [0.15, 0.2) is 66.9 Å². The zero-order chi connectivity index (χ0) is 23.5. The molecular weight excluding hydrogens is 450 g/mol. The predicted molar refractivity (Wildman–Crippen MR) is 110 cm³/mol. The van der Waals surface area contributed by atoms with Gasteiger partial charge in [0.25, 0.3) is 5.91 Å². The molecule has 6 nitrogen and oxygen atoms in total.